The minimum absolute atomic E-state index is 0.816. The van der Waals surface area contributed by atoms with Crippen LogP contribution in [-0.4, -0.2) is 53.9 Å². The van der Waals surface area contributed by atoms with Gasteiger partial charge in [-0.15, -0.1) is 0 Å². The van der Waals surface area contributed by atoms with Gasteiger partial charge in [-0.25, -0.2) is 0 Å². The third-order valence-electron chi connectivity index (χ3n) is 4.12. The summed E-state index contributed by atoms with van der Waals surface area (Å²) in [6, 6.07) is 0.816. The third kappa shape index (κ3) is 5.27. The van der Waals surface area contributed by atoms with Crippen LogP contribution in [0.3, 0.4) is 0 Å². The lowest BCUT2D eigenvalue weighted by atomic mass is 10.1. The van der Waals surface area contributed by atoms with Crippen LogP contribution >= 0.6 is 15.9 Å². The Morgan fingerprint density at radius 1 is 1.29 bits per heavy atom. The summed E-state index contributed by atoms with van der Waals surface area (Å²) in [4.78, 5) is 5.27. The van der Waals surface area contributed by atoms with Crippen LogP contribution in [0, 0.1) is 5.92 Å². The van der Waals surface area contributed by atoms with E-state index in [4.69, 9.17) is 0 Å². The van der Waals surface area contributed by atoms with Crippen molar-refractivity contribution in [2.45, 2.75) is 46.1 Å². The molecule has 3 heteroatoms. The topological polar surface area (TPSA) is 6.48 Å². The molecular formula is C14H29BrN2. The normalized spacial score (nSPS) is 23.5. The van der Waals surface area contributed by atoms with Gasteiger partial charge in [0.2, 0.25) is 0 Å². The quantitative estimate of drug-likeness (QED) is 0.635. The van der Waals surface area contributed by atoms with Crippen molar-refractivity contribution in [2.24, 2.45) is 5.92 Å². The molecule has 0 N–H and O–H groups in total. The van der Waals surface area contributed by atoms with Crippen LogP contribution in [0.1, 0.15) is 40.0 Å². The first kappa shape index (κ1) is 15.5. The SMILES string of the molecule is CCN(CC)C1CCN(CCC(C)CCBr)C1. The fraction of sp³-hybridized carbons (Fsp3) is 1.00. The lowest BCUT2D eigenvalue weighted by molar-refractivity contribution is 0.207. The number of hydrogen-bond donors (Lipinski definition) is 0. The molecule has 0 aromatic carbocycles. The zero-order valence-electron chi connectivity index (χ0n) is 11.8. The van der Waals surface area contributed by atoms with E-state index in [2.05, 4.69) is 46.5 Å². The summed E-state index contributed by atoms with van der Waals surface area (Å²) in [5, 5.41) is 1.15. The highest BCUT2D eigenvalue weighted by Gasteiger charge is 2.25. The van der Waals surface area contributed by atoms with Crippen LogP contribution < -0.4 is 0 Å². The first-order chi connectivity index (χ1) is 8.21. The Morgan fingerprint density at radius 2 is 2.00 bits per heavy atom. The van der Waals surface area contributed by atoms with Crippen molar-refractivity contribution in [1.29, 1.82) is 0 Å². The van der Waals surface area contributed by atoms with Crippen molar-refractivity contribution < 1.29 is 0 Å². The fourth-order valence-electron chi connectivity index (χ4n) is 2.79. The number of alkyl halides is 1. The van der Waals surface area contributed by atoms with E-state index in [1.165, 1.54) is 52.0 Å². The summed E-state index contributed by atoms with van der Waals surface area (Å²) < 4.78 is 0. The zero-order chi connectivity index (χ0) is 12.7. The molecule has 2 nitrogen and oxygen atoms in total. The summed E-state index contributed by atoms with van der Waals surface area (Å²) in [6.45, 7) is 13.2. The maximum absolute atomic E-state index is 3.53. The van der Waals surface area contributed by atoms with Gasteiger partial charge in [-0.3, -0.25) is 4.90 Å². The van der Waals surface area contributed by atoms with E-state index < -0.39 is 0 Å². The summed E-state index contributed by atoms with van der Waals surface area (Å²) >= 11 is 3.53. The van der Waals surface area contributed by atoms with Crippen LogP contribution in [0.25, 0.3) is 0 Å². The molecular weight excluding hydrogens is 276 g/mol. The maximum atomic E-state index is 3.53. The van der Waals surface area contributed by atoms with E-state index in [1.54, 1.807) is 0 Å². The first-order valence-electron chi connectivity index (χ1n) is 7.23. The second-order valence-electron chi connectivity index (χ2n) is 5.34. The maximum Gasteiger partial charge on any atom is 0.0235 e. The molecule has 0 amide bonds. The number of halogens is 1. The molecule has 0 aromatic rings. The monoisotopic (exact) mass is 304 g/mol. The molecule has 2 unspecified atom stereocenters. The number of nitrogens with zero attached hydrogens (tertiary/aromatic N) is 2. The minimum Gasteiger partial charge on any atom is -0.302 e. The van der Waals surface area contributed by atoms with Crippen molar-refractivity contribution in [3.8, 4) is 0 Å². The molecule has 2 atom stereocenters. The van der Waals surface area contributed by atoms with Gasteiger partial charge in [0.15, 0.2) is 0 Å². The molecule has 1 heterocycles. The van der Waals surface area contributed by atoms with Gasteiger partial charge in [0, 0.05) is 17.9 Å². The van der Waals surface area contributed by atoms with Crippen LogP contribution in [0.15, 0.2) is 0 Å². The van der Waals surface area contributed by atoms with Crippen molar-refractivity contribution >= 4 is 15.9 Å². The average Bonchev–Trinajstić information content (AvgIpc) is 2.77. The predicted octanol–water partition coefficient (Wildman–Crippen LogP) is 3.21. The number of rotatable bonds is 8. The predicted molar refractivity (Wildman–Crippen MR) is 80.0 cm³/mol. The Kier molecular flexibility index (Phi) is 7.72. The molecule has 0 bridgehead atoms. The lowest BCUT2D eigenvalue weighted by Gasteiger charge is -2.26. The van der Waals surface area contributed by atoms with Gasteiger partial charge in [0.1, 0.15) is 0 Å². The average molecular weight is 305 g/mol. The highest BCUT2D eigenvalue weighted by atomic mass is 79.9. The summed E-state index contributed by atoms with van der Waals surface area (Å²) in [6.07, 6.45) is 4.04. The Hall–Kier alpha value is 0.400. The number of hydrogen-bond acceptors (Lipinski definition) is 2. The molecule has 1 saturated heterocycles. The first-order valence-corrected chi connectivity index (χ1v) is 8.35. The standard InChI is InChI=1S/C14H29BrN2/c1-4-17(5-2)14-8-11-16(12-14)10-7-13(3)6-9-15/h13-14H,4-12H2,1-3H3. The molecule has 1 rings (SSSR count). The molecule has 0 spiro atoms. The van der Waals surface area contributed by atoms with E-state index >= 15 is 0 Å². The van der Waals surface area contributed by atoms with Crippen LogP contribution in [0.4, 0.5) is 0 Å². The smallest absolute Gasteiger partial charge is 0.0235 e. The molecule has 1 fully saturated rings. The molecule has 1 aliphatic rings. The van der Waals surface area contributed by atoms with Crippen molar-refractivity contribution in [3.63, 3.8) is 0 Å². The highest BCUT2D eigenvalue weighted by Crippen LogP contribution is 2.17. The largest absolute Gasteiger partial charge is 0.302 e. The zero-order valence-corrected chi connectivity index (χ0v) is 13.4. The third-order valence-corrected chi connectivity index (χ3v) is 4.57. The Balaban J connectivity index is 2.21. The minimum atomic E-state index is 0.816. The lowest BCUT2D eigenvalue weighted by Crippen LogP contribution is -2.37. The van der Waals surface area contributed by atoms with Crippen LogP contribution in [0.5, 0.6) is 0 Å². The fourth-order valence-corrected chi connectivity index (χ4v) is 3.57. The number of likely N-dealkylation sites (tertiary alicyclic amines) is 1. The van der Waals surface area contributed by atoms with Crippen molar-refractivity contribution in [3.05, 3.63) is 0 Å². The summed E-state index contributed by atoms with van der Waals surface area (Å²) in [5.74, 6) is 0.863. The molecule has 1 aliphatic heterocycles. The van der Waals surface area contributed by atoms with Crippen LogP contribution in [0.2, 0.25) is 0 Å². The highest BCUT2D eigenvalue weighted by molar-refractivity contribution is 9.09. The molecule has 0 radical (unpaired) electrons. The summed E-state index contributed by atoms with van der Waals surface area (Å²) in [5.41, 5.74) is 0. The van der Waals surface area contributed by atoms with Crippen molar-refractivity contribution in [2.75, 3.05) is 38.1 Å². The van der Waals surface area contributed by atoms with Crippen molar-refractivity contribution in [1.82, 2.24) is 9.80 Å². The van der Waals surface area contributed by atoms with Gasteiger partial charge in [-0.1, -0.05) is 36.7 Å². The van der Waals surface area contributed by atoms with E-state index in [0.29, 0.717) is 0 Å². The van der Waals surface area contributed by atoms with Gasteiger partial charge in [0.05, 0.1) is 0 Å². The molecule has 17 heavy (non-hydrogen) atoms. The second-order valence-corrected chi connectivity index (χ2v) is 6.13. The van der Waals surface area contributed by atoms with E-state index in [1.807, 2.05) is 0 Å². The second kappa shape index (κ2) is 8.49. The van der Waals surface area contributed by atoms with Gasteiger partial charge in [-0.05, 0) is 51.4 Å². The Bertz CT molecular complexity index is 195. The van der Waals surface area contributed by atoms with Gasteiger partial charge < -0.3 is 4.90 Å². The van der Waals surface area contributed by atoms with Gasteiger partial charge in [-0.2, -0.15) is 0 Å². The summed E-state index contributed by atoms with van der Waals surface area (Å²) in [7, 11) is 0. The molecule has 0 saturated carbocycles. The molecule has 0 aliphatic carbocycles. The van der Waals surface area contributed by atoms with Crippen LogP contribution in [-0.2, 0) is 0 Å². The van der Waals surface area contributed by atoms with Gasteiger partial charge in [0.25, 0.3) is 0 Å². The van der Waals surface area contributed by atoms with E-state index in [-0.39, 0.29) is 0 Å². The Labute approximate surface area is 116 Å². The van der Waals surface area contributed by atoms with Gasteiger partial charge >= 0.3 is 0 Å². The molecule has 0 aromatic heterocycles. The molecule has 102 valence electrons. The van der Waals surface area contributed by atoms with E-state index in [0.717, 1.165) is 17.3 Å². The van der Waals surface area contributed by atoms with E-state index in [9.17, 15) is 0 Å². The Morgan fingerprint density at radius 3 is 2.59 bits per heavy atom. The number of likely N-dealkylation sites (N-methyl/N-ethyl adjacent to an activating group) is 1.